The molecule has 3 aromatic rings. The fourth-order valence-electron chi connectivity index (χ4n) is 2.47. The molecule has 26 heavy (non-hydrogen) atoms. The van der Waals surface area contributed by atoms with Gasteiger partial charge in [-0.1, -0.05) is 11.6 Å². The number of rotatable bonds is 5. The van der Waals surface area contributed by atoms with E-state index in [0.29, 0.717) is 10.6 Å². The Hall–Kier alpha value is -3.05. The predicted molar refractivity (Wildman–Crippen MR) is 107 cm³/mol. The fourth-order valence-corrected chi connectivity index (χ4v) is 2.59. The zero-order valence-electron chi connectivity index (χ0n) is 14.6. The van der Waals surface area contributed by atoms with Crippen molar-refractivity contribution in [1.82, 2.24) is 9.99 Å². The topological polar surface area (TPSA) is 49.6 Å². The molecule has 0 atom stereocenters. The largest absolute Gasteiger partial charge is 0.378 e. The molecule has 0 saturated carbocycles. The Bertz CT molecular complexity index is 912. The molecule has 6 heteroatoms. The van der Waals surface area contributed by atoms with Crippen LogP contribution in [0.15, 0.2) is 72.0 Å². The third kappa shape index (κ3) is 4.13. The second kappa shape index (κ2) is 7.89. The van der Waals surface area contributed by atoms with Gasteiger partial charge in [-0.2, -0.15) is 5.10 Å². The highest BCUT2D eigenvalue weighted by Crippen LogP contribution is 2.17. The summed E-state index contributed by atoms with van der Waals surface area (Å²) in [6.45, 7) is 0. The van der Waals surface area contributed by atoms with Gasteiger partial charge in [0.2, 0.25) is 0 Å². The molecule has 0 radical (unpaired) electrons. The smallest absolute Gasteiger partial charge is 0.271 e. The average Bonchev–Trinajstić information content (AvgIpc) is 3.10. The van der Waals surface area contributed by atoms with Crippen molar-refractivity contribution in [2.75, 3.05) is 19.0 Å². The number of benzene rings is 2. The Morgan fingerprint density at radius 1 is 1.08 bits per heavy atom. The predicted octanol–water partition coefficient (Wildman–Crippen LogP) is 3.96. The van der Waals surface area contributed by atoms with E-state index in [1.807, 2.05) is 54.0 Å². The van der Waals surface area contributed by atoms with Gasteiger partial charge in [0.1, 0.15) is 0 Å². The molecular weight excluding hydrogens is 348 g/mol. The standard InChI is InChI=1S/C20H19ClN4O/c1-24(2)17-9-11-18(12-10-17)25-13-3-4-19(25)14-22-23-20(26)15-5-7-16(21)8-6-15/h3-14H,1-2H3,(H,23,26)/b22-14-. The molecule has 0 unspecified atom stereocenters. The van der Waals surface area contributed by atoms with Gasteiger partial charge in [0.15, 0.2) is 0 Å². The van der Waals surface area contributed by atoms with E-state index in [9.17, 15) is 4.79 Å². The van der Waals surface area contributed by atoms with Crippen molar-refractivity contribution >= 4 is 29.4 Å². The molecule has 0 aliphatic rings. The van der Waals surface area contributed by atoms with Crippen LogP contribution in [0.3, 0.4) is 0 Å². The Labute approximate surface area is 157 Å². The molecule has 1 amide bonds. The van der Waals surface area contributed by atoms with Crippen LogP contribution in [0.2, 0.25) is 5.02 Å². The normalized spacial score (nSPS) is 10.9. The van der Waals surface area contributed by atoms with E-state index < -0.39 is 0 Å². The summed E-state index contributed by atoms with van der Waals surface area (Å²) in [6.07, 6.45) is 3.57. The van der Waals surface area contributed by atoms with Gasteiger partial charge in [-0.25, -0.2) is 5.43 Å². The monoisotopic (exact) mass is 366 g/mol. The van der Waals surface area contributed by atoms with Crippen molar-refractivity contribution in [2.24, 2.45) is 5.10 Å². The van der Waals surface area contributed by atoms with Crippen molar-refractivity contribution in [3.05, 3.63) is 83.1 Å². The number of hydrogen-bond acceptors (Lipinski definition) is 3. The fraction of sp³-hybridized carbons (Fsp3) is 0.100. The van der Waals surface area contributed by atoms with E-state index in [1.54, 1.807) is 30.5 Å². The molecule has 132 valence electrons. The molecule has 5 nitrogen and oxygen atoms in total. The van der Waals surface area contributed by atoms with E-state index in [1.165, 1.54) is 0 Å². The van der Waals surface area contributed by atoms with Gasteiger partial charge in [-0.05, 0) is 60.7 Å². The Morgan fingerprint density at radius 3 is 2.42 bits per heavy atom. The van der Waals surface area contributed by atoms with Crippen LogP contribution in [0.1, 0.15) is 16.1 Å². The maximum absolute atomic E-state index is 12.1. The lowest BCUT2D eigenvalue weighted by molar-refractivity contribution is 0.0955. The minimum absolute atomic E-state index is 0.286. The molecule has 0 fully saturated rings. The highest BCUT2D eigenvalue weighted by Gasteiger charge is 2.05. The first kappa shape index (κ1) is 17.8. The summed E-state index contributed by atoms with van der Waals surface area (Å²) in [5.74, 6) is -0.286. The third-order valence-corrected chi connectivity index (χ3v) is 4.15. The summed E-state index contributed by atoms with van der Waals surface area (Å²) in [6, 6.07) is 18.7. The highest BCUT2D eigenvalue weighted by molar-refractivity contribution is 6.30. The Kier molecular flexibility index (Phi) is 5.39. The zero-order chi connectivity index (χ0) is 18.5. The third-order valence-electron chi connectivity index (χ3n) is 3.89. The first-order chi connectivity index (χ1) is 12.5. The number of nitrogens with one attached hydrogen (secondary N) is 1. The molecule has 1 N–H and O–H groups in total. The van der Waals surface area contributed by atoms with E-state index in [2.05, 4.69) is 22.7 Å². The maximum Gasteiger partial charge on any atom is 0.271 e. The Balaban J connectivity index is 1.71. The van der Waals surface area contributed by atoms with Gasteiger partial charge in [0.25, 0.3) is 5.91 Å². The number of carbonyl (C=O) groups excluding carboxylic acids is 1. The molecule has 0 bridgehead atoms. The molecule has 0 saturated heterocycles. The number of anilines is 1. The average molecular weight is 367 g/mol. The number of hydrazone groups is 1. The van der Waals surface area contributed by atoms with Gasteiger partial charge >= 0.3 is 0 Å². The van der Waals surface area contributed by atoms with Gasteiger partial charge in [-0.3, -0.25) is 4.79 Å². The number of nitrogens with zero attached hydrogens (tertiary/aromatic N) is 3. The lowest BCUT2D eigenvalue weighted by atomic mass is 10.2. The van der Waals surface area contributed by atoms with Crippen molar-refractivity contribution in [3.8, 4) is 5.69 Å². The Morgan fingerprint density at radius 2 is 1.77 bits per heavy atom. The van der Waals surface area contributed by atoms with Crippen molar-refractivity contribution in [2.45, 2.75) is 0 Å². The van der Waals surface area contributed by atoms with Crippen LogP contribution >= 0.6 is 11.6 Å². The molecule has 0 aliphatic heterocycles. The molecule has 3 rings (SSSR count). The van der Waals surface area contributed by atoms with Crippen LogP contribution in [0.5, 0.6) is 0 Å². The van der Waals surface area contributed by atoms with Crippen LogP contribution < -0.4 is 10.3 Å². The van der Waals surface area contributed by atoms with Gasteiger partial charge < -0.3 is 9.47 Å². The zero-order valence-corrected chi connectivity index (χ0v) is 15.3. The lowest BCUT2D eigenvalue weighted by Crippen LogP contribution is -2.17. The maximum atomic E-state index is 12.1. The molecule has 1 aromatic heterocycles. The summed E-state index contributed by atoms with van der Waals surface area (Å²) in [5.41, 5.74) is 6.04. The number of hydrogen-bond donors (Lipinski definition) is 1. The lowest BCUT2D eigenvalue weighted by Gasteiger charge is -2.13. The van der Waals surface area contributed by atoms with Crippen LogP contribution in [-0.2, 0) is 0 Å². The summed E-state index contributed by atoms with van der Waals surface area (Å²) in [5, 5.41) is 4.64. The molecule has 1 heterocycles. The van der Waals surface area contributed by atoms with Crippen LogP contribution in [-0.4, -0.2) is 30.8 Å². The second-order valence-electron chi connectivity index (χ2n) is 5.92. The molecule has 0 spiro atoms. The first-order valence-corrected chi connectivity index (χ1v) is 8.46. The van der Waals surface area contributed by atoms with E-state index in [4.69, 9.17) is 11.6 Å². The summed E-state index contributed by atoms with van der Waals surface area (Å²) >= 11 is 5.82. The van der Waals surface area contributed by atoms with Crippen LogP contribution in [0.25, 0.3) is 5.69 Å². The minimum Gasteiger partial charge on any atom is -0.378 e. The SMILES string of the molecule is CN(C)c1ccc(-n2cccc2/C=N\NC(=O)c2ccc(Cl)cc2)cc1. The highest BCUT2D eigenvalue weighted by atomic mass is 35.5. The molecular formula is C20H19ClN4O. The number of aromatic nitrogens is 1. The van der Waals surface area contributed by atoms with Gasteiger partial charge in [-0.15, -0.1) is 0 Å². The first-order valence-electron chi connectivity index (χ1n) is 8.09. The van der Waals surface area contributed by atoms with Gasteiger partial charge in [0.05, 0.1) is 11.9 Å². The summed E-state index contributed by atoms with van der Waals surface area (Å²) in [4.78, 5) is 14.1. The molecule has 0 aliphatic carbocycles. The van der Waals surface area contributed by atoms with Crippen molar-refractivity contribution < 1.29 is 4.79 Å². The minimum atomic E-state index is -0.286. The number of carbonyl (C=O) groups is 1. The quantitative estimate of drug-likeness (QED) is 0.549. The summed E-state index contributed by atoms with van der Waals surface area (Å²) in [7, 11) is 4.01. The van der Waals surface area contributed by atoms with Crippen LogP contribution in [0, 0.1) is 0 Å². The van der Waals surface area contributed by atoms with E-state index >= 15 is 0 Å². The molecule has 2 aromatic carbocycles. The number of halogens is 1. The number of amides is 1. The van der Waals surface area contributed by atoms with Crippen molar-refractivity contribution in [1.29, 1.82) is 0 Å². The van der Waals surface area contributed by atoms with Gasteiger partial charge in [0, 0.05) is 42.3 Å². The second-order valence-corrected chi connectivity index (χ2v) is 6.36. The van der Waals surface area contributed by atoms with E-state index in [-0.39, 0.29) is 5.91 Å². The van der Waals surface area contributed by atoms with E-state index in [0.717, 1.165) is 17.1 Å². The van der Waals surface area contributed by atoms with Crippen molar-refractivity contribution in [3.63, 3.8) is 0 Å². The van der Waals surface area contributed by atoms with Crippen LogP contribution in [0.4, 0.5) is 5.69 Å². The summed E-state index contributed by atoms with van der Waals surface area (Å²) < 4.78 is 2.00.